The zero-order valence-corrected chi connectivity index (χ0v) is 16.9. The predicted octanol–water partition coefficient (Wildman–Crippen LogP) is 4.19. The van der Waals surface area contributed by atoms with Crippen molar-refractivity contribution in [3.63, 3.8) is 0 Å². The van der Waals surface area contributed by atoms with Crippen LogP contribution in [0, 0.1) is 0 Å². The van der Waals surface area contributed by atoms with Gasteiger partial charge in [-0.05, 0) is 30.3 Å². The number of nitrogens with zero attached hydrogens (tertiary/aromatic N) is 4. The Hall–Kier alpha value is -3.75. The van der Waals surface area contributed by atoms with E-state index in [-0.39, 0.29) is 12.5 Å². The number of anilines is 2. The molecule has 0 radical (unpaired) electrons. The first-order chi connectivity index (χ1) is 15.1. The van der Waals surface area contributed by atoms with Crippen molar-refractivity contribution in [1.82, 2.24) is 14.5 Å². The number of hydrogen-bond acceptors (Lipinski definition) is 6. The number of aliphatic hydroxyl groups excluding tert-OH is 1. The Labute approximate surface area is 181 Å². The summed E-state index contributed by atoms with van der Waals surface area (Å²) in [5.41, 5.74) is 3.39. The molecular formula is C22H16ClN5O3. The van der Waals surface area contributed by atoms with Gasteiger partial charge in [0.15, 0.2) is 5.82 Å². The molecule has 0 bridgehead atoms. The van der Waals surface area contributed by atoms with Crippen molar-refractivity contribution in [3.8, 4) is 11.5 Å². The van der Waals surface area contributed by atoms with Crippen LogP contribution in [0.3, 0.4) is 0 Å². The maximum atomic E-state index is 12.0. The van der Waals surface area contributed by atoms with Gasteiger partial charge in [0.25, 0.3) is 5.91 Å². The van der Waals surface area contributed by atoms with Gasteiger partial charge in [-0.1, -0.05) is 23.7 Å². The van der Waals surface area contributed by atoms with Crippen LogP contribution in [-0.2, 0) is 6.54 Å². The van der Waals surface area contributed by atoms with E-state index in [4.69, 9.17) is 16.3 Å². The third kappa shape index (κ3) is 3.52. The predicted molar refractivity (Wildman–Crippen MR) is 118 cm³/mol. The minimum absolute atomic E-state index is 0.00666. The standard InChI is InChI=1S/C22H16ClN5O3/c23-15-10-14(27-21-20-16(25-12-26-21)6-7-28(20)8-9-29)4-5-17(15)31-18-3-1-2-13-11-24-22(30)19(13)18/h1-7,10-12,29H,8-9H2,(H,25,26,27). The van der Waals surface area contributed by atoms with Gasteiger partial charge >= 0.3 is 0 Å². The maximum absolute atomic E-state index is 12.0. The molecule has 1 amide bonds. The molecule has 2 aromatic heterocycles. The van der Waals surface area contributed by atoms with Crippen molar-refractivity contribution in [1.29, 1.82) is 0 Å². The monoisotopic (exact) mass is 433 g/mol. The van der Waals surface area contributed by atoms with Gasteiger partial charge in [0.2, 0.25) is 0 Å². The number of amides is 1. The van der Waals surface area contributed by atoms with E-state index in [1.54, 1.807) is 36.4 Å². The summed E-state index contributed by atoms with van der Waals surface area (Å²) < 4.78 is 7.80. The molecule has 3 heterocycles. The highest BCUT2D eigenvalue weighted by atomic mass is 35.5. The summed E-state index contributed by atoms with van der Waals surface area (Å²) in [6.45, 7) is 0.440. The number of benzene rings is 2. The number of nitrogens with one attached hydrogen (secondary N) is 1. The number of hydrogen-bond donors (Lipinski definition) is 2. The molecule has 154 valence electrons. The molecule has 0 saturated heterocycles. The normalized spacial score (nSPS) is 12.4. The Balaban J connectivity index is 1.43. The van der Waals surface area contributed by atoms with Crippen LogP contribution < -0.4 is 10.1 Å². The lowest BCUT2D eigenvalue weighted by atomic mass is 10.1. The van der Waals surface area contributed by atoms with E-state index >= 15 is 0 Å². The van der Waals surface area contributed by atoms with Gasteiger partial charge in [-0.25, -0.2) is 15.0 Å². The highest BCUT2D eigenvalue weighted by Crippen LogP contribution is 2.36. The smallest absolute Gasteiger partial charge is 0.281 e. The van der Waals surface area contributed by atoms with Crippen LogP contribution in [0.25, 0.3) is 11.0 Å². The Bertz CT molecular complexity index is 1350. The third-order valence-electron chi connectivity index (χ3n) is 4.90. The van der Waals surface area contributed by atoms with Gasteiger partial charge in [0.05, 0.1) is 22.7 Å². The lowest BCUT2D eigenvalue weighted by Crippen LogP contribution is -2.04. The topological polar surface area (TPSA) is 102 Å². The molecule has 0 spiro atoms. The van der Waals surface area contributed by atoms with Gasteiger partial charge in [-0.3, -0.25) is 4.79 Å². The molecule has 0 fully saturated rings. The Kier molecular flexibility index (Phi) is 4.85. The van der Waals surface area contributed by atoms with Crippen LogP contribution in [0.4, 0.5) is 11.5 Å². The van der Waals surface area contributed by atoms with Crippen LogP contribution >= 0.6 is 11.6 Å². The molecule has 0 unspecified atom stereocenters. The van der Waals surface area contributed by atoms with Gasteiger partial charge in [0.1, 0.15) is 23.3 Å². The number of carbonyl (C=O) groups excluding carboxylic acids is 1. The average Bonchev–Trinajstić information content (AvgIpc) is 3.35. The van der Waals surface area contributed by atoms with Crippen molar-refractivity contribution in [2.75, 3.05) is 11.9 Å². The van der Waals surface area contributed by atoms with Crippen LogP contribution in [0.15, 0.2) is 60.0 Å². The number of carbonyl (C=O) groups is 1. The molecule has 4 aromatic rings. The Morgan fingerprint density at radius 3 is 2.87 bits per heavy atom. The second-order valence-corrected chi connectivity index (χ2v) is 7.25. The number of fused-ring (bicyclic) bond motifs is 2. The molecule has 31 heavy (non-hydrogen) atoms. The van der Waals surface area contributed by atoms with Crippen LogP contribution in [0.2, 0.25) is 5.02 Å². The van der Waals surface area contributed by atoms with Crippen molar-refractivity contribution < 1.29 is 14.6 Å². The lowest BCUT2D eigenvalue weighted by molar-refractivity contribution is 0.100. The summed E-state index contributed by atoms with van der Waals surface area (Å²) in [6.07, 6.45) is 4.85. The van der Waals surface area contributed by atoms with E-state index < -0.39 is 0 Å². The van der Waals surface area contributed by atoms with E-state index in [2.05, 4.69) is 20.3 Å². The molecule has 0 saturated carbocycles. The summed E-state index contributed by atoms with van der Waals surface area (Å²) in [4.78, 5) is 24.4. The summed E-state index contributed by atoms with van der Waals surface area (Å²) >= 11 is 6.46. The number of halogens is 1. The fourth-order valence-corrected chi connectivity index (χ4v) is 3.72. The second kappa shape index (κ2) is 7.82. The quantitative estimate of drug-likeness (QED) is 0.473. The van der Waals surface area contributed by atoms with Gasteiger partial charge in [-0.15, -0.1) is 0 Å². The minimum Gasteiger partial charge on any atom is -0.455 e. The number of aromatic nitrogens is 3. The van der Waals surface area contributed by atoms with Gasteiger partial charge in [-0.2, -0.15) is 0 Å². The summed E-state index contributed by atoms with van der Waals surface area (Å²) in [5.74, 6) is 1.08. The van der Waals surface area contributed by atoms with Crippen LogP contribution in [0.5, 0.6) is 11.5 Å². The Morgan fingerprint density at radius 2 is 2.03 bits per heavy atom. The van der Waals surface area contributed by atoms with Crippen molar-refractivity contribution in [3.05, 3.63) is 71.1 Å². The molecule has 9 heteroatoms. The van der Waals surface area contributed by atoms with E-state index in [0.717, 1.165) is 16.6 Å². The number of aliphatic hydroxyl groups is 1. The first-order valence-electron chi connectivity index (χ1n) is 9.50. The highest BCUT2D eigenvalue weighted by molar-refractivity contribution is 6.32. The molecule has 0 atom stereocenters. The van der Waals surface area contributed by atoms with Gasteiger partial charge in [0, 0.05) is 30.2 Å². The molecule has 2 aromatic carbocycles. The molecule has 8 nitrogen and oxygen atoms in total. The SMILES string of the molecule is O=C1N=Cc2cccc(Oc3ccc(Nc4ncnc5ccn(CCO)c45)cc3Cl)c21. The number of ether oxygens (including phenoxy) is 1. The highest BCUT2D eigenvalue weighted by Gasteiger charge is 2.21. The molecule has 0 aliphatic carbocycles. The van der Waals surface area contributed by atoms with Crippen LogP contribution in [0.1, 0.15) is 15.9 Å². The molecule has 1 aliphatic rings. The van der Waals surface area contributed by atoms with Crippen molar-refractivity contribution in [2.24, 2.45) is 4.99 Å². The zero-order chi connectivity index (χ0) is 21.4. The molecule has 2 N–H and O–H groups in total. The lowest BCUT2D eigenvalue weighted by Gasteiger charge is -2.13. The van der Waals surface area contributed by atoms with E-state index in [9.17, 15) is 9.90 Å². The van der Waals surface area contributed by atoms with Crippen molar-refractivity contribution >= 4 is 46.3 Å². The van der Waals surface area contributed by atoms with Crippen molar-refractivity contribution in [2.45, 2.75) is 6.54 Å². The average molecular weight is 434 g/mol. The van der Waals surface area contributed by atoms with Gasteiger partial charge < -0.3 is 19.7 Å². The zero-order valence-electron chi connectivity index (χ0n) is 16.1. The first-order valence-corrected chi connectivity index (χ1v) is 9.88. The largest absolute Gasteiger partial charge is 0.455 e. The fraction of sp³-hybridized carbons (Fsp3) is 0.0909. The molecule has 1 aliphatic heterocycles. The van der Waals surface area contributed by atoms with Crippen LogP contribution in [-0.4, -0.2) is 38.4 Å². The maximum Gasteiger partial charge on any atom is 0.281 e. The fourth-order valence-electron chi connectivity index (χ4n) is 3.50. The first kappa shape index (κ1) is 19.2. The third-order valence-corrected chi connectivity index (χ3v) is 5.19. The number of rotatable bonds is 6. The van der Waals surface area contributed by atoms with E-state index in [0.29, 0.717) is 40.1 Å². The molecular weight excluding hydrogens is 418 g/mol. The second-order valence-electron chi connectivity index (χ2n) is 6.84. The van der Waals surface area contributed by atoms with E-state index in [1.807, 2.05) is 16.8 Å². The summed E-state index contributed by atoms with van der Waals surface area (Å²) in [7, 11) is 0. The summed E-state index contributed by atoms with van der Waals surface area (Å²) in [5, 5.41) is 12.9. The number of aliphatic imine (C=N–C) groups is 1. The van der Waals surface area contributed by atoms with E-state index in [1.165, 1.54) is 12.5 Å². The minimum atomic E-state index is -0.335. The Morgan fingerprint density at radius 1 is 1.13 bits per heavy atom. The summed E-state index contributed by atoms with van der Waals surface area (Å²) in [6, 6.07) is 12.4. The molecule has 5 rings (SSSR count).